The van der Waals surface area contributed by atoms with Crippen LogP contribution in [0.1, 0.15) is 120 Å². The third kappa shape index (κ3) is 5.11. The summed E-state index contributed by atoms with van der Waals surface area (Å²) in [7, 11) is 0. The molecule has 0 unspecified atom stereocenters. The van der Waals surface area contributed by atoms with E-state index in [1.165, 1.54) is 74.6 Å². The Hall–Kier alpha value is -1.72. The van der Waals surface area contributed by atoms with Gasteiger partial charge in [-0.3, -0.25) is 4.90 Å². The van der Waals surface area contributed by atoms with E-state index in [9.17, 15) is 15.3 Å². The predicted molar refractivity (Wildman–Crippen MR) is 203 cm³/mol. The van der Waals surface area contributed by atoms with Gasteiger partial charge in [-0.25, -0.2) is 0 Å². The monoisotopic (exact) mass is 691 g/mol. The molecule has 3 N–H and O–H groups in total. The van der Waals surface area contributed by atoms with Gasteiger partial charge in [-0.2, -0.15) is 0 Å². The molecule has 2 spiro atoms. The molecule has 51 heavy (non-hydrogen) atoms. The second-order valence-electron chi connectivity index (χ2n) is 20.6. The number of aliphatic hydroxyl groups is 3. The Bertz CT molecular complexity index is 1610. The second kappa shape index (κ2) is 12.1. The maximum Gasteiger partial charge on any atom is 0.0805 e. The van der Waals surface area contributed by atoms with Crippen LogP contribution in [0, 0.1) is 63.6 Å². The van der Waals surface area contributed by atoms with Crippen LogP contribution in [0.15, 0.2) is 54.6 Å². The summed E-state index contributed by atoms with van der Waals surface area (Å²) in [5, 5.41) is 36.7. The minimum absolute atomic E-state index is 0.00489. The molecule has 8 fully saturated rings. The standard InChI is InChI=1S/C47H65NO3/c1-30-12-15-42-44(2,51)37-13-14-38-35(36(37)28-48(42)27-30)23-41-46(38)17-7-18-47(41)29-45(43(50)24-39(47)40(49)26-46)19-16-34(25-45)22-33-11-6-10-32(21-33)20-31-8-4-3-5-9-31/h3-6,8-11,21,30,34-43,49-51H,7,12-20,22-29H2,1-2H3/t30-,34+,35-,36+,37-,38+,39-,40+,41-,42-,43-,44+,45-,46-,47-/m1/s1. The van der Waals surface area contributed by atoms with Gasteiger partial charge in [0.05, 0.1) is 17.8 Å². The van der Waals surface area contributed by atoms with Crippen LogP contribution in [0.25, 0.3) is 0 Å². The molecule has 2 aromatic carbocycles. The molecule has 10 rings (SSSR count). The summed E-state index contributed by atoms with van der Waals surface area (Å²) in [6, 6.07) is 20.5. The molecule has 0 radical (unpaired) electrons. The smallest absolute Gasteiger partial charge is 0.0805 e. The topological polar surface area (TPSA) is 63.9 Å². The molecule has 2 bridgehead atoms. The van der Waals surface area contributed by atoms with Gasteiger partial charge in [-0.05, 0) is 184 Å². The van der Waals surface area contributed by atoms with Gasteiger partial charge in [0.1, 0.15) is 0 Å². The fourth-order valence-corrected chi connectivity index (χ4v) is 16.6. The van der Waals surface area contributed by atoms with Crippen LogP contribution in [-0.4, -0.2) is 57.2 Å². The van der Waals surface area contributed by atoms with Crippen molar-refractivity contribution < 1.29 is 15.3 Å². The van der Waals surface area contributed by atoms with Gasteiger partial charge >= 0.3 is 0 Å². The molecule has 6 saturated carbocycles. The fraction of sp³-hybridized carbons (Fsp3) is 0.745. The van der Waals surface area contributed by atoms with Crippen LogP contribution in [0.4, 0.5) is 0 Å². The fourth-order valence-electron chi connectivity index (χ4n) is 16.6. The van der Waals surface area contributed by atoms with Crippen molar-refractivity contribution >= 4 is 0 Å². The number of rotatable bonds is 4. The molecule has 2 aliphatic heterocycles. The maximum absolute atomic E-state index is 12.3. The summed E-state index contributed by atoms with van der Waals surface area (Å²) in [5.74, 6) is 4.68. The van der Waals surface area contributed by atoms with Crippen LogP contribution in [-0.2, 0) is 12.8 Å². The van der Waals surface area contributed by atoms with Gasteiger partial charge in [-0.1, -0.05) is 67.9 Å². The number of benzene rings is 2. The van der Waals surface area contributed by atoms with Gasteiger partial charge in [0.25, 0.3) is 0 Å². The van der Waals surface area contributed by atoms with Crippen molar-refractivity contribution in [2.45, 2.75) is 140 Å². The molecule has 2 heterocycles. The first-order valence-corrected chi connectivity index (χ1v) is 21.5. The van der Waals surface area contributed by atoms with Crippen molar-refractivity contribution in [1.29, 1.82) is 0 Å². The number of hydrogen-bond acceptors (Lipinski definition) is 4. The zero-order valence-corrected chi connectivity index (χ0v) is 31.6. The van der Waals surface area contributed by atoms with E-state index in [2.05, 4.69) is 73.3 Å². The van der Waals surface area contributed by atoms with Gasteiger partial charge in [0.2, 0.25) is 0 Å². The van der Waals surface area contributed by atoms with Crippen LogP contribution < -0.4 is 0 Å². The van der Waals surface area contributed by atoms with Gasteiger partial charge in [0.15, 0.2) is 0 Å². The lowest BCUT2D eigenvalue weighted by molar-refractivity contribution is -0.231. The van der Waals surface area contributed by atoms with Gasteiger partial charge < -0.3 is 15.3 Å². The van der Waals surface area contributed by atoms with Crippen molar-refractivity contribution in [2.75, 3.05) is 13.1 Å². The van der Waals surface area contributed by atoms with Crippen LogP contribution in [0.5, 0.6) is 0 Å². The average molecular weight is 692 g/mol. The maximum atomic E-state index is 12.3. The summed E-state index contributed by atoms with van der Waals surface area (Å²) in [6.45, 7) is 6.98. The number of aliphatic hydroxyl groups excluding tert-OH is 2. The highest BCUT2D eigenvalue weighted by atomic mass is 16.3. The van der Waals surface area contributed by atoms with E-state index in [1.807, 2.05) is 0 Å². The van der Waals surface area contributed by atoms with Crippen LogP contribution in [0.3, 0.4) is 0 Å². The average Bonchev–Trinajstić information content (AvgIpc) is 3.67. The molecule has 8 aliphatic rings. The molecular formula is C47H65NO3. The third-order valence-electron chi connectivity index (χ3n) is 18.3. The van der Waals surface area contributed by atoms with Crippen molar-refractivity contribution in [3.8, 4) is 0 Å². The van der Waals surface area contributed by atoms with E-state index in [0.29, 0.717) is 41.5 Å². The van der Waals surface area contributed by atoms with E-state index < -0.39 is 5.60 Å². The van der Waals surface area contributed by atoms with E-state index >= 15 is 0 Å². The highest BCUT2D eigenvalue weighted by Crippen LogP contribution is 2.78. The highest BCUT2D eigenvalue weighted by molar-refractivity contribution is 5.30. The largest absolute Gasteiger partial charge is 0.393 e. The normalized spacial score (nSPS) is 50.2. The number of nitrogens with zero attached hydrogens (tertiary/aromatic N) is 1. The molecule has 2 aromatic rings. The van der Waals surface area contributed by atoms with Crippen LogP contribution >= 0.6 is 0 Å². The molecule has 6 aliphatic carbocycles. The molecule has 0 aromatic heterocycles. The van der Waals surface area contributed by atoms with Crippen LogP contribution in [0.2, 0.25) is 0 Å². The van der Waals surface area contributed by atoms with Crippen molar-refractivity contribution in [1.82, 2.24) is 4.90 Å². The first-order valence-electron chi connectivity index (χ1n) is 21.5. The Labute approximate surface area is 307 Å². The summed E-state index contributed by atoms with van der Waals surface area (Å²) in [4.78, 5) is 2.74. The Morgan fingerprint density at radius 3 is 2.39 bits per heavy atom. The molecule has 2 saturated heterocycles. The van der Waals surface area contributed by atoms with E-state index in [0.717, 1.165) is 63.8 Å². The van der Waals surface area contributed by atoms with Crippen molar-refractivity contribution in [3.05, 3.63) is 71.3 Å². The third-order valence-corrected chi connectivity index (χ3v) is 18.3. The Balaban J connectivity index is 0.918. The molecule has 15 atom stereocenters. The first-order chi connectivity index (χ1) is 24.6. The lowest BCUT2D eigenvalue weighted by Crippen LogP contribution is -2.67. The van der Waals surface area contributed by atoms with Gasteiger partial charge in [-0.15, -0.1) is 0 Å². The lowest BCUT2D eigenvalue weighted by atomic mass is 9.38. The zero-order chi connectivity index (χ0) is 34.8. The van der Waals surface area contributed by atoms with Crippen molar-refractivity contribution in [2.24, 2.45) is 63.6 Å². The van der Waals surface area contributed by atoms with E-state index in [1.54, 1.807) is 0 Å². The van der Waals surface area contributed by atoms with E-state index in [4.69, 9.17) is 0 Å². The zero-order valence-electron chi connectivity index (χ0n) is 31.6. The second-order valence-corrected chi connectivity index (χ2v) is 20.6. The Kier molecular flexibility index (Phi) is 8.05. The first kappa shape index (κ1) is 33.8. The number of piperidine rings is 2. The minimum Gasteiger partial charge on any atom is -0.393 e. The lowest BCUT2D eigenvalue weighted by Gasteiger charge is -2.68. The molecule has 0 amide bonds. The van der Waals surface area contributed by atoms with E-state index in [-0.39, 0.29) is 34.4 Å². The molecular weight excluding hydrogens is 627 g/mol. The number of hydrogen-bond donors (Lipinski definition) is 3. The molecule has 4 nitrogen and oxygen atoms in total. The summed E-state index contributed by atoms with van der Waals surface area (Å²) < 4.78 is 0. The highest BCUT2D eigenvalue weighted by Gasteiger charge is 2.73. The molecule has 276 valence electrons. The minimum atomic E-state index is -0.589. The summed E-state index contributed by atoms with van der Waals surface area (Å²) in [6.07, 6.45) is 18.1. The Morgan fingerprint density at radius 1 is 0.745 bits per heavy atom. The van der Waals surface area contributed by atoms with Gasteiger partial charge in [0, 0.05) is 19.1 Å². The SMILES string of the molecule is C[C@@H]1CC[C@H]2N(C1)C[C@H]1[C@H]3C[C@H]4[C@@]56CCC[C@@]4(C[C@H](O)[C@H]5C[C@@H](O)[C@@]4(CC[C@@H](Cc5cccc(Cc7ccccc7)c5)C4)C6)[C@H]3CC[C@H]1[C@]2(C)O. The quantitative estimate of drug-likeness (QED) is 0.301. The number of fused-ring (bicyclic) bond motifs is 4. The summed E-state index contributed by atoms with van der Waals surface area (Å²) >= 11 is 0. The van der Waals surface area contributed by atoms with Crippen molar-refractivity contribution in [3.63, 3.8) is 0 Å². The Morgan fingerprint density at radius 2 is 1.53 bits per heavy atom. The predicted octanol–water partition coefficient (Wildman–Crippen LogP) is 8.44. The molecule has 4 heteroatoms. The summed E-state index contributed by atoms with van der Waals surface area (Å²) in [5.41, 5.74) is 4.08.